The molecule has 0 spiro atoms. The van der Waals surface area contributed by atoms with Gasteiger partial charge in [0.2, 0.25) is 0 Å². The van der Waals surface area contributed by atoms with Gasteiger partial charge in [-0.1, -0.05) is 60.7 Å². The predicted molar refractivity (Wildman–Crippen MR) is 117 cm³/mol. The van der Waals surface area contributed by atoms with E-state index in [1.807, 2.05) is 60.7 Å². The molecule has 0 amide bonds. The molecule has 0 bridgehead atoms. The number of ketones is 1. The highest BCUT2D eigenvalue weighted by molar-refractivity contribution is 5.88. The molecular weight excluding hydrogens is 410 g/mol. The van der Waals surface area contributed by atoms with Crippen LogP contribution in [0.4, 0.5) is 4.79 Å². The minimum Gasteiger partial charge on any atom is -0.487 e. The lowest BCUT2D eigenvalue weighted by Gasteiger charge is -2.18. The number of hydrogen-bond donors (Lipinski definition) is 0. The van der Waals surface area contributed by atoms with Gasteiger partial charge in [0.15, 0.2) is 12.4 Å². The highest BCUT2D eigenvalue weighted by atomic mass is 16.7. The van der Waals surface area contributed by atoms with Crippen molar-refractivity contribution in [3.05, 3.63) is 95.8 Å². The number of ether oxygens (including phenoxy) is 4. The Labute approximate surface area is 186 Å². The number of pyridine rings is 1. The first-order valence-corrected chi connectivity index (χ1v) is 10.1. The van der Waals surface area contributed by atoms with Crippen LogP contribution in [0.15, 0.2) is 79.0 Å². The molecule has 0 saturated heterocycles. The Bertz CT molecular complexity index is 994. The largest absolute Gasteiger partial charge is 0.509 e. The molecule has 0 radical (unpaired) electrons. The molecule has 0 aliphatic rings. The smallest absolute Gasteiger partial charge is 0.487 e. The number of carbonyl (C=O) groups is 2. The molecule has 0 fully saturated rings. The first-order chi connectivity index (χ1) is 15.7. The van der Waals surface area contributed by atoms with Crippen LogP contribution in [0.3, 0.4) is 0 Å². The standard InChI is InChI=1S/C25H25NO6/c1-29-17-21(22(27)18-32-25(28)31-16-20-11-6-3-7-12-20)24-23(13-8-14-26-24)30-15-19-9-4-2-5-10-19/h2-14,21H,15-18H2,1H3. The van der Waals surface area contributed by atoms with Crippen LogP contribution >= 0.6 is 0 Å². The lowest BCUT2D eigenvalue weighted by molar-refractivity contribution is -0.125. The molecule has 1 heterocycles. The molecule has 32 heavy (non-hydrogen) atoms. The number of aromatic nitrogens is 1. The van der Waals surface area contributed by atoms with Crippen molar-refractivity contribution in [2.24, 2.45) is 0 Å². The fourth-order valence-electron chi connectivity index (χ4n) is 3.00. The maximum absolute atomic E-state index is 12.8. The maximum atomic E-state index is 12.8. The van der Waals surface area contributed by atoms with Crippen LogP contribution < -0.4 is 4.74 Å². The van der Waals surface area contributed by atoms with Gasteiger partial charge in [-0.3, -0.25) is 9.78 Å². The second kappa shape index (κ2) is 12.2. The molecule has 1 unspecified atom stereocenters. The summed E-state index contributed by atoms with van der Waals surface area (Å²) in [5, 5.41) is 0. The molecular formula is C25H25NO6. The summed E-state index contributed by atoms with van der Waals surface area (Å²) in [7, 11) is 1.49. The van der Waals surface area contributed by atoms with E-state index in [2.05, 4.69) is 4.98 Å². The van der Waals surface area contributed by atoms with Gasteiger partial charge in [0.1, 0.15) is 19.0 Å². The van der Waals surface area contributed by atoms with E-state index in [9.17, 15) is 9.59 Å². The van der Waals surface area contributed by atoms with Gasteiger partial charge in [0, 0.05) is 13.3 Å². The molecule has 7 heteroatoms. The third-order valence-electron chi connectivity index (χ3n) is 4.62. The van der Waals surface area contributed by atoms with Gasteiger partial charge in [-0.25, -0.2) is 4.79 Å². The van der Waals surface area contributed by atoms with Gasteiger partial charge >= 0.3 is 6.16 Å². The van der Waals surface area contributed by atoms with E-state index in [-0.39, 0.29) is 19.0 Å². The predicted octanol–water partition coefficient (Wildman–Crippen LogP) is 4.31. The van der Waals surface area contributed by atoms with Gasteiger partial charge in [0.25, 0.3) is 0 Å². The highest BCUT2D eigenvalue weighted by Gasteiger charge is 2.27. The Morgan fingerprint density at radius 3 is 2.16 bits per heavy atom. The summed E-state index contributed by atoms with van der Waals surface area (Å²) in [6, 6.07) is 22.3. The first-order valence-electron chi connectivity index (χ1n) is 10.1. The minimum atomic E-state index is -0.917. The molecule has 0 saturated carbocycles. The van der Waals surface area contributed by atoms with Crippen molar-refractivity contribution in [2.75, 3.05) is 20.3 Å². The quantitative estimate of drug-likeness (QED) is 0.415. The van der Waals surface area contributed by atoms with E-state index in [0.29, 0.717) is 18.1 Å². The highest BCUT2D eigenvalue weighted by Crippen LogP contribution is 2.26. The Morgan fingerprint density at radius 1 is 0.844 bits per heavy atom. The lowest BCUT2D eigenvalue weighted by Crippen LogP contribution is -2.25. The number of hydrogen-bond acceptors (Lipinski definition) is 7. The van der Waals surface area contributed by atoms with Crippen molar-refractivity contribution in [1.29, 1.82) is 0 Å². The number of benzene rings is 2. The molecule has 7 nitrogen and oxygen atoms in total. The average Bonchev–Trinajstić information content (AvgIpc) is 2.85. The number of nitrogens with zero attached hydrogens (tertiary/aromatic N) is 1. The summed E-state index contributed by atoms with van der Waals surface area (Å²) < 4.78 is 21.2. The Balaban J connectivity index is 1.60. The summed E-state index contributed by atoms with van der Waals surface area (Å²) >= 11 is 0. The third kappa shape index (κ3) is 6.92. The zero-order valence-corrected chi connectivity index (χ0v) is 17.8. The van der Waals surface area contributed by atoms with E-state index < -0.39 is 18.7 Å². The van der Waals surface area contributed by atoms with Crippen LogP contribution in [0, 0.1) is 0 Å². The molecule has 0 aliphatic carbocycles. The van der Waals surface area contributed by atoms with Crippen LogP contribution in [0.1, 0.15) is 22.7 Å². The Kier molecular flexibility index (Phi) is 8.77. The van der Waals surface area contributed by atoms with Crippen molar-refractivity contribution in [2.45, 2.75) is 19.1 Å². The van der Waals surface area contributed by atoms with Gasteiger partial charge in [-0.05, 0) is 23.3 Å². The molecule has 0 aliphatic heterocycles. The van der Waals surface area contributed by atoms with Crippen LogP contribution in [-0.4, -0.2) is 37.2 Å². The zero-order valence-electron chi connectivity index (χ0n) is 17.8. The van der Waals surface area contributed by atoms with Crippen molar-refractivity contribution >= 4 is 11.9 Å². The second-order valence-electron chi connectivity index (χ2n) is 6.95. The van der Waals surface area contributed by atoms with E-state index in [1.165, 1.54) is 7.11 Å². The second-order valence-corrected chi connectivity index (χ2v) is 6.95. The van der Waals surface area contributed by atoms with E-state index in [4.69, 9.17) is 18.9 Å². The summed E-state index contributed by atoms with van der Waals surface area (Å²) in [5.74, 6) is -0.654. The Morgan fingerprint density at radius 2 is 1.50 bits per heavy atom. The lowest BCUT2D eigenvalue weighted by atomic mass is 10.00. The van der Waals surface area contributed by atoms with Crippen molar-refractivity contribution in [3.8, 4) is 5.75 Å². The van der Waals surface area contributed by atoms with E-state index in [0.717, 1.165) is 11.1 Å². The van der Waals surface area contributed by atoms with Crippen molar-refractivity contribution < 1.29 is 28.5 Å². The maximum Gasteiger partial charge on any atom is 0.509 e. The molecule has 3 rings (SSSR count). The molecule has 166 valence electrons. The fraction of sp³-hybridized carbons (Fsp3) is 0.240. The number of rotatable bonds is 11. The van der Waals surface area contributed by atoms with Crippen molar-refractivity contribution in [1.82, 2.24) is 4.98 Å². The van der Waals surface area contributed by atoms with Crippen LogP contribution in [0.25, 0.3) is 0 Å². The summed E-state index contributed by atoms with van der Waals surface area (Å²) in [6.07, 6.45) is 0.662. The van der Waals surface area contributed by atoms with E-state index >= 15 is 0 Å². The zero-order chi connectivity index (χ0) is 22.6. The third-order valence-corrected chi connectivity index (χ3v) is 4.62. The summed E-state index contributed by atoms with van der Waals surface area (Å²) in [5.41, 5.74) is 2.24. The normalized spacial score (nSPS) is 11.4. The van der Waals surface area contributed by atoms with Crippen molar-refractivity contribution in [3.63, 3.8) is 0 Å². The van der Waals surface area contributed by atoms with Gasteiger partial charge in [-0.15, -0.1) is 0 Å². The SMILES string of the molecule is COCC(C(=O)COC(=O)OCc1ccccc1)c1ncccc1OCc1ccccc1. The van der Waals surface area contributed by atoms with Gasteiger partial charge < -0.3 is 18.9 Å². The topological polar surface area (TPSA) is 84.0 Å². The number of Topliss-reactive ketones (excluding diaryl/α,β-unsaturated/α-hetero) is 1. The molecule has 1 atom stereocenters. The van der Waals surface area contributed by atoms with Crippen LogP contribution in [-0.2, 0) is 32.2 Å². The van der Waals surface area contributed by atoms with Crippen LogP contribution in [0.5, 0.6) is 5.75 Å². The average molecular weight is 435 g/mol. The molecule has 0 N–H and O–H groups in total. The monoisotopic (exact) mass is 435 g/mol. The van der Waals surface area contributed by atoms with Crippen LogP contribution in [0.2, 0.25) is 0 Å². The van der Waals surface area contributed by atoms with E-state index in [1.54, 1.807) is 18.3 Å². The fourth-order valence-corrected chi connectivity index (χ4v) is 3.00. The molecule has 1 aromatic heterocycles. The number of methoxy groups -OCH3 is 1. The van der Waals surface area contributed by atoms with Gasteiger partial charge in [-0.2, -0.15) is 0 Å². The minimum absolute atomic E-state index is 0.0626. The molecule has 2 aromatic carbocycles. The number of carbonyl (C=O) groups excluding carboxylic acids is 2. The molecule has 3 aromatic rings. The first kappa shape index (κ1) is 23.0. The summed E-state index contributed by atoms with van der Waals surface area (Å²) in [6.45, 7) is -0.000861. The Hall–Kier alpha value is -3.71. The summed E-state index contributed by atoms with van der Waals surface area (Å²) in [4.78, 5) is 29.1. The van der Waals surface area contributed by atoms with Gasteiger partial charge in [0.05, 0.1) is 18.2 Å².